The summed E-state index contributed by atoms with van der Waals surface area (Å²) in [6, 6.07) is 19.5. The minimum absolute atomic E-state index is 0.0239. The van der Waals surface area contributed by atoms with Gasteiger partial charge < -0.3 is 5.32 Å². The molecule has 2 aromatic carbocycles. The first kappa shape index (κ1) is 17.2. The Hall–Kier alpha value is -2.59. The van der Waals surface area contributed by atoms with E-state index in [9.17, 15) is 4.79 Å². The lowest BCUT2D eigenvalue weighted by Gasteiger charge is -2.09. The summed E-state index contributed by atoms with van der Waals surface area (Å²) in [5, 5.41) is 8.15. The van der Waals surface area contributed by atoms with Crippen LogP contribution in [-0.2, 0) is 17.8 Å². The lowest BCUT2D eigenvalue weighted by molar-refractivity contribution is -0.116. The van der Waals surface area contributed by atoms with Gasteiger partial charge in [-0.05, 0) is 36.6 Å². The standard InChI is InChI=1S/C20H20ClN3O/c1-15-13-19(24(23-15)14-17-5-3-2-4-6-17)22-20(25)12-9-16-7-10-18(21)11-8-16/h2-8,10-11,13H,9,12,14H2,1H3,(H,22,25). The van der Waals surface area contributed by atoms with Gasteiger partial charge in [0.1, 0.15) is 5.82 Å². The van der Waals surface area contributed by atoms with Crippen molar-refractivity contribution in [3.8, 4) is 0 Å². The van der Waals surface area contributed by atoms with Crippen LogP contribution in [0.15, 0.2) is 60.7 Å². The number of benzene rings is 2. The Labute approximate surface area is 152 Å². The summed E-state index contributed by atoms with van der Waals surface area (Å²) in [5.74, 6) is 0.701. The van der Waals surface area contributed by atoms with Gasteiger partial charge in [-0.3, -0.25) is 4.79 Å². The van der Waals surface area contributed by atoms with Crippen molar-refractivity contribution < 1.29 is 4.79 Å². The second-order valence-electron chi connectivity index (χ2n) is 5.99. The lowest BCUT2D eigenvalue weighted by Crippen LogP contribution is -2.16. The highest BCUT2D eigenvalue weighted by Crippen LogP contribution is 2.15. The fraction of sp³-hybridized carbons (Fsp3) is 0.200. The zero-order valence-corrected chi connectivity index (χ0v) is 14.8. The van der Waals surface area contributed by atoms with Crippen LogP contribution in [0.25, 0.3) is 0 Å². The van der Waals surface area contributed by atoms with E-state index in [1.165, 1.54) is 0 Å². The third-order valence-corrected chi connectivity index (χ3v) is 4.15. The predicted octanol–water partition coefficient (Wildman–Crippen LogP) is 4.46. The van der Waals surface area contributed by atoms with Crippen LogP contribution in [0.1, 0.15) is 23.2 Å². The Morgan fingerprint density at radius 1 is 1.08 bits per heavy atom. The quantitative estimate of drug-likeness (QED) is 0.711. The summed E-state index contributed by atoms with van der Waals surface area (Å²) in [4.78, 5) is 12.3. The van der Waals surface area contributed by atoms with Gasteiger partial charge in [0.25, 0.3) is 0 Å². The summed E-state index contributed by atoms with van der Waals surface area (Å²) in [5.41, 5.74) is 3.11. The van der Waals surface area contributed by atoms with E-state index < -0.39 is 0 Å². The second-order valence-corrected chi connectivity index (χ2v) is 6.43. The zero-order chi connectivity index (χ0) is 17.6. The molecule has 25 heavy (non-hydrogen) atoms. The highest BCUT2D eigenvalue weighted by atomic mass is 35.5. The minimum atomic E-state index is -0.0239. The molecule has 5 heteroatoms. The molecule has 1 aromatic heterocycles. The van der Waals surface area contributed by atoms with Gasteiger partial charge in [-0.25, -0.2) is 4.68 Å². The number of nitrogens with zero attached hydrogens (tertiary/aromatic N) is 2. The van der Waals surface area contributed by atoms with Gasteiger partial charge in [-0.2, -0.15) is 5.10 Å². The molecule has 3 rings (SSSR count). The van der Waals surface area contributed by atoms with Crippen molar-refractivity contribution in [3.63, 3.8) is 0 Å². The van der Waals surface area contributed by atoms with E-state index in [4.69, 9.17) is 11.6 Å². The molecule has 0 spiro atoms. The summed E-state index contributed by atoms with van der Waals surface area (Å²) >= 11 is 5.88. The van der Waals surface area contributed by atoms with E-state index in [1.54, 1.807) is 0 Å². The van der Waals surface area contributed by atoms with Crippen molar-refractivity contribution in [2.75, 3.05) is 5.32 Å². The number of aromatic nitrogens is 2. The number of anilines is 1. The molecule has 1 heterocycles. The topological polar surface area (TPSA) is 46.9 Å². The largest absolute Gasteiger partial charge is 0.311 e. The minimum Gasteiger partial charge on any atom is -0.311 e. The molecule has 0 unspecified atom stereocenters. The fourth-order valence-corrected chi connectivity index (χ4v) is 2.76. The number of hydrogen-bond acceptors (Lipinski definition) is 2. The average molecular weight is 354 g/mol. The molecule has 0 atom stereocenters. The smallest absolute Gasteiger partial charge is 0.225 e. The number of halogens is 1. The molecule has 0 fully saturated rings. The van der Waals surface area contributed by atoms with Gasteiger partial charge in [0.05, 0.1) is 12.2 Å². The number of rotatable bonds is 6. The van der Waals surface area contributed by atoms with E-state index in [-0.39, 0.29) is 5.91 Å². The van der Waals surface area contributed by atoms with Gasteiger partial charge in [-0.1, -0.05) is 54.1 Å². The average Bonchev–Trinajstić information content (AvgIpc) is 2.94. The van der Waals surface area contributed by atoms with Gasteiger partial charge in [-0.15, -0.1) is 0 Å². The number of carbonyl (C=O) groups excluding carboxylic acids is 1. The Kier molecular flexibility index (Phi) is 5.51. The van der Waals surface area contributed by atoms with E-state index in [0.717, 1.165) is 22.6 Å². The molecule has 0 bridgehead atoms. The van der Waals surface area contributed by atoms with Crippen LogP contribution in [0.2, 0.25) is 5.02 Å². The Balaban J connectivity index is 1.62. The van der Waals surface area contributed by atoms with Crippen LogP contribution in [0, 0.1) is 6.92 Å². The molecule has 0 aliphatic heterocycles. The highest BCUT2D eigenvalue weighted by molar-refractivity contribution is 6.30. The normalized spacial score (nSPS) is 10.6. The molecule has 4 nitrogen and oxygen atoms in total. The molecule has 1 N–H and O–H groups in total. The van der Waals surface area contributed by atoms with Crippen molar-refractivity contribution in [2.24, 2.45) is 0 Å². The molecular formula is C20H20ClN3O. The molecule has 0 aliphatic carbocycles. The molecule has 0 saturated carbocycles. The first-order chi connectivity index (χ1) is 12.1. The Morgan fingerprint density at radius 3 is 2.52 bits per heavy atom. The van der Waals surface area contributed by atoms with E-state index >= 15 is 0 Å². The fourth-order valence-electron chi connectivity index (χ4n) is 2.64. The highest BCUT2D eigenvalue weighted by Gasteiger charge is 2.10. The number of amides is 1. The maximum atomic E-state index is 12.3. The maximum absolute atomic E-state index is 12.3. The van der Waals surface area contributed by atoms with Crippen molar-refractivity contribution in [1.29, 1.82) is 0 Å². The number of carbonyl (C=O) groups is 1. The number of nitrogens with one attached hydrogen (secondary N) is 1. The zero-order valence-electron chi connectivity index (χ0n) is 14.1. The predicted molar refractivity (Wildman–Crippen MR) is 101 cm³/mol. The summed E-state index contributed by atoms with van der Waals surface area (Å²) in [6.45, 7) is 2.55. The molecule has 0 aliphatic rings. The van der Waals surface area contributed by atoms with Crippen LogP contribution in [0.5, 0.6) is 0 Å². The van der Waals surface area contributed by atoms with Crippen LogP contribution in [0.3, 0.4) is 0 Å². The molecule has 1 amide bonds. The number of hydrogen-bond donors (Lipinski definition) is 1. The van der Waals surface area contributed by atoms with E-state index in [2.05, 4.69) is 10.4 Å². The van der Waals surface area contributed by atoms with Crippen molar-refractivity contribution >= 4 is 23.3 Å². The van der Waals surface area contributed by atoms with Crippen molar-refractivity contribution in [1.82, 2.24) is 9.78 Å². The summed E-state index contributed by atoms with van der Waals surface area (Å²) < 4.78 is 1.82. The third-order valence-electron chi connectivity index (χ3n) is 3.90. The third kappa shape index (κ3) is 4.94. The van der Waals surface area contributed by atoms with E-state index in [0.29, 0.717) is 24.4 Å². The molecule has 0 saturated heterocycles. The Morgan fingerprint density at radius 2 is 1.80 bits per heavy atom. The molecule has 3 aromatic rings. The summed E-state index contributed by atoms with van der Waals surface area (Å²) in [6.07, 6.45) is 1.09. The van der Waals surface area contributed by atoms with Gasteiger partial charge >= 0.3 is 0 Å². The van der Waals surface area contributed by atoms with Gasteiger partial charge in [0.15, 0.2) is 0 Å². The van der Waals surface area contributed by atoms with Crippen LogP contribution in [0.4, 0.5) is 5.82 Å². The lowest BCUT2D eigenvalue weighted by atomic mass is 10.1. The SMILES string of the molecule is Cc1cc(NC(=O)CCc2ccc(Cl)cc2)n(Cc2ccccc2)n1. The van der Waals surface area contributed by atoms with Crippen molar-refractivity contribution in [2.45, 2.75) is 26.3 Å². The number of aryl methyl sites for hydroxylation is 2. The van der Waals surface area contributed by atoms with Crippen molar-refractivity contribution in [3.05, 3.63) is 82.5 Å². The van der Waals surface area contributed by atoms with Gasteiger partial charge in [0.2, 0.25) is 5.91 Å². The molecular weight excluding hydrogens is 334 g/mol. The summed E-state index contributed by atoms with van der Waals surface area (Å²) in [7, 11) is 0. The first-order valence-corrected chi connectivity index (χ1v) is 8.60. The first-order valence-electron chi connectivity index (χ1n) is 8.23. The van der Waals surface area contributed by atoms with Crippen LogP contribution in [-0.4, -0.2) is 15.7 Å². The van der Waals surface area contributed by atoms with Crippen LogP contribution >= 0.6 is 11.6 Å². The van der Waals surface area contributed by atoms with Crippen LogP contribution < -0.4 is 5.32 Å². The molecule has 128 valence electrons. The van der Waals surface area contributed by atoms with E-state index in [1.807, 2.05) is 72.3 Å². The maximum Gasteiger partial charge on any atom is 0.225 e. The second kappa shape index (κ2) is 7.99. The Bertz CT molecular complexity index is 841. The monoisotopic (exact) mass is 353 g/mol. The van der Waals surface area contributed by atoms with Gasteiger partial charge in [0, 0.05) is 17.5 Å². The molecule has 0 radical (unpaired) electrons.